The van der Waals surface area contributed by atoms with E-state index in [0.717, 1.165) is 5.01 Å². The highest BCUT2D eigenvalue weighted by atomic mass is 32.1. The Kier molecular flexibility index (Phi) is 2.17. The fourth-order valence-electron chi connectivity index (χ4n) is 0.688. The van der Waals surface area contributed by atoms with E-state index in [1.165, 1.54) is 17.4 Å². The zero-order valence-electron chi connectivity index (χ0n) is 6.37. The normalized spacial score (nSPS) is 10.7. The molecular formula is C7H8N2OS. The van der Waals surface area contributed by atoms with Crippen LogP contribution in [-0.4, -0.2) is 11.1 Å². The Labute approximate surface area is 68.8 Å². The monoisotopic (exact) mass is 168 g/mol. The molecule has 0 fully saturated rings. The van der Waals surface area contributed by atoms with Crippen LogP contribution in [0.15, 0.2) is 16.6 Å². The molecule has 1 rings (SSSR count). The van der Waals surface area contributed by atoms with Gasteiger partial charge in [-0.15, -0.1) is 11.3 Å². The van der Waals surface area contributed by atoms with Gasteiger partial charge >= 0.3 is 0 Å². The molecule has 0 amide bonds. The quantitative estimate of drug-likeness (QED) is 0.498. The SMILES string of the molecule is CC(C)(N=C=O)c1nccs1. The first kappa shape index (κ1) is 8.11. The number of rotatable bonds is 2. The summed E-state index contributed by atoms with van der Waals surface area (Å²) in [6.07, 6.45) is 3.23. The number of isocyanates is 1. The summed E-state index contributed by atoms with van der Waals surface area (Å²) in [5.41, 5.74) is -0.518. The number of thiazole rings is 1. The lowest BCUT2D eigenvalue weighted by atomic mass is 10.1. The second-order valence-corrected chi connectivity index (χ2v) is 3.49. The van der Waals surface area contributed by atoms with E-state index in [4.69, 9.17) is 0 Å². The molecule has 0 atom stereocenters. The maximum atomic E-state index is 10.0. The largest absolute Gasteiger partial charge is 0.247 e. The van der Waals surface area contributed by atoms with Crippen LogP contribution in [-0.2, 0) is 10.3 Å². The van der Waals surface area contributed by atoms with Crippen molar-refractivity contribution in [2.75, 3.05) is 0 Å². The minimum atomic E-state index is -0.518. The first-order valence-corrected chi connectivity index (χ1v) is 4.04. The van der Waals surface area contributed by atoms with Crippen LogP contribution in [0.2, 0.25) is 0 Å². The third kappa shape index (κ3) is 1.73. The number of aromatic nitrogens is 1. The molecule has 0 saturated carbocycles. The van der Waals surface area contributed by atoms with Gasteiger partial charge in [0.05, 0.1) is 0 Å². The average molecular weight is 168 g/mol. The van der Waals surface area contributed by atoms with Crippen LogP contribution in [0.3, 0.4) is 0 Å². The van der Waals surface area contributed by atoms with E-state index in [2.05, 4.69) is 9.98 Å². The van der Waals surface area contributed by atoms with Gasteiger partial charge in [-0.05, 0) is 13.8 Å². The van der Waals surface area contributed by atoms with Gasteiger partial charge in [0, 0.05) is 11.6 Å². The summed E-state index contributed by atoms with van der Waals surface area (Å²) in [5, 5.41) is 2.69. The minimum absolute atomic E-state index is 0.518. The predicted molar refractivity (Wildman–Crippen MR) is 43.3 cm³/mol. The van der Waals surface area contributed by atoms with Crippen molar-refractivity contribution in [2.45, 2.75) is 19.4 Å². The minimum Gasteiger partial charge on any atom is -0.247 e. The standard InChI is InChI=1S/C7H8N2OS/c1-7(2,9-5-10)6-8-3-4-11-6/h3-4H,1-2H3. The van der Waals surface area contributed by atoms with Crippen molar-refractivity contribution in [3.05, 3.63) is 16.6 Å². The van der Waals surface area contributed by atoms with Crippen LogP contribution in [0.25, 0.3) is 0 Å². The topological polar surface area (TPSA) is 42.3 Å². The van der Waals surface area contributed by atoms with E-state index in [1.807, 2.05) is 19.2 Å². The Morgan fingerprint density at radius 2 is 2.45 bits per heavy atom. The lowest BCUT2D eigenvalue weighted by molar-refractivity contribution is 0.521. The summed E-state index contributed by atoms with van der Waals surface area (Å²) in [6.45, 7) is 3.66. The fourth-order valence-corrected chi connectivity index (χ4v) is 1.39. The Balaban J connectivity index is 2.99. The highest BCUT2D eigenvalue weighted by Crippen LogP contribution is 2.25. The van der Waals surface area contributed by atoms with Gasteiger partial charge in [0.2, 0.25) is 6.08 Å². The number of hydrogen-bond acceptors (Lipinski definition) is 4. The van der Waals surface area contributed by atoms with Gasteiger partial charge in [-0.25, -0.2) is 9.78 Å². The van der Waals surface area contributed by atoms with E-state index in [-0.39, 0.29) is 0 Å². The Morgan fingerprint density at radius 3 is 2.91 bits per heavy atom. The smallest absolute Gasteiger partial charge is 0.235 e. The maximum Gasteiger partial charge on any atom is 0.235 e. The van der Waals surface area contributed by atoms with Crippen LogP contribution in [0.4, 0.5) is 0 Å². The molecule has 0 aliphatic carbocycles. The molecule has 0 aromatic carbocycles. The summed E-state index contributed by atoms with van der Waals surface area (Å²) in [5.74, 6) is 0. The summed E-state index contributed by atoms with van der Waals surface area (Å²) >= 11 is 1.49. The Hall–Kier alpha value is -0.990. The second kappa shape index (κ2) is 2.95. The molecule has 1 heterocycles. The molecule has 3 nitrogen and oxygen atoms in total. The van der Waals surface area contributed by atoms with Crippen LogP contribution >= 0.6 is 11.3 Å². The average Bonchev–Trinajstić information content (AvgIpc) is 2.37. The van der Waals surface area contributed by atoms with E-state index in [0.29, 0.717) is 0 Å². The Bertz CT molecular complexity index is 273. The van der Waals surface area contributed by atoms with Gasteiger partial charge in [0.1, 0.15) is 10.5 Å². The summed E-state index contributed by atoms with van der Waals surface area (Å²) in [6, 6.07) is 0. The summed E-state index contributed by atoms with van der Waals surface area (Å²) in [4.78, 5) is 17.7. The van der Waals surface area contributed by atoms with Crippen molar-refractivity contribution in [2.24, 2.45) is 4.99 Å². The number of nitrogens with zero attached hydrogens (tertiary/aromatic N) is 2. The van der Waals surface area contributed by atoms with E-state index >= 15 is 0 Å². The van der Waals surface area contributed by atoms with Crippen molar-refractivity contribution in [1.29, 1.82) is 0 Å². The molecule has 0 saturated heterocycles. The van der Waals surface area contributed by atoms with E-state index in [9.17, 15) is 4.79 Å². The number of hydrogen-bond donors (Lipinski definition) is 0. The predicted octanol–water partition coefficient (Wildman–Crippen LogP) is 1.71. The van der Waals surface area contributed by atoms with Crippen LogP contribution in [0, 0.1) is 0 Å². The zero-order valence-corrected chi connectivity index (χ0v) is 7.18. The van der Waals surface area contributed by atoms with Crippen molar-refractivity contribution in [3.63, 3.8) is 0 Å². The maximum absolute atomic E-state index is 10.0. The second-order valence-electron chi connectivity index (χ2n) is 2.60. The molecule has 0 aliphatic rings. The molecule has 58 valence electrons. The third-order valence-corrected chi connectivity index (χ3v) is 2.37. The zero-order chi connectivity index (χ0) is 8.32. The van der Waals surface area contributed by atoms with E-state index in [1.54, 1.807) is 6.20 Å². The van der Waals surface area contributed by atoms with Gasteiger partial charge in [0.15, 0.2) is 0 Å². The lowest BCUT2D eigenvalue weighted by Gasteiger charge is -2.12. The molecule has 1 aromatic heterocycles. The summed E-state index contributed by atoms with van der Waals surface area (Å²) < 4.78 is 0. The van der Waals surface area contributed by atoms with Crippen LogP contribution < -0.4 is 0 Å². The number of aliphatic imine (C=N–C) groups is 1. The molecule has 11 heavy (non-hydrogen) atoms. The molecule has 0 radical (unpaired) electrons. The van der Waals surface area contributed by atoms with Crippen molar-refractivity contribution in [1.82, 2.24) is 4.98 Å². The molecule has 0 aliphatic heterocycles. The van der Waals surface area contributed by atoms with Crippen molar-refractivity contribution >= 4 is 17.4 Å². The first-order chi connectivity index (χ1) is 5.17. The highest BCUT2D eigenvalue weighted by molar-refractivity contribution is 7.09. The first-order valence-electron chi connectivity index (χ1n) is 3.16. The molecule has 0 N–H and O–H groups in total. The molecule has 0 spiro atoms. The Morgan fingerprint density at radius 1 is 1.73 bits per heavy atom. The summed E-state index contributed by atoms with van der Waals surface area (Å²) in [7, 11) is 0. The molecule has 4 heteroatoms. The van der Waals surface area contributed by atoms with Crippen LogP contribution in [0.1, 0.15) is 18.9 Å². The van der Waals surface area contributed by atoms with Gasteiger partial charge in [0.25, 0.3) is 0 Å². The van der Waals surface area contributed by atoms with E-state index < -0.39 is 5.54 Å². The number of carbonyl (C=O) groups excluding carboxylic acids is 1. The van der Waals surface area contributed by atoms with Crippen LogP contribution in [0.5, 0.6) is 0 Å². The van der Waals surface area contributed by atoms with Gasteiger partial charge in [-0.3, -0.25) is 0 Å². The lowest BCUT2D eigenvalue weighted by Crippen LogP contribution is -2.12. The fraction of sp³-hybridized carbons (Fsp3) is 0.429. The molecule has 1 aromatic rings. The van der Waals surface area contributed by atoms with Gasteiger partial charge < -0.3 is 0 Å². The molecule has 0 bridgehead atoms. The van der Waals surface area contributed by atoms with Gasteiger partial charge in [-0.2, -0.15) is 4.99 Å². The van der Waals surface area contributed by atoms with Gasteiger partial charge in [-0.1, -0.05) is 0 Å². The van der Waals surface area contributed by atoms with Crippen molar-refractivity contribution < 1.29 is 4.79 Å². The molecular weight excluding hydrogens is 160 g/mol. The molecule has 0 unspecified atom stereocenters. The third-order valence-electron chi connectivity index (χ3n) is 1.28. The highest BCUT2D eigenvalue weighted by Gasteiger charge is 2.21. The van der Waals surface area contributed by atoms with Crippen molar-refractivity contribution in [3.8, 4) is 0 Å².